The highest BCUT2D eigenvalue weighted by molar-refractivity contribution is 7.94. The molecule has 0 aromatic rings. The van der Waals surface area contributed by atoms with Crippen molar-refractivity contribution in [3.63, 3.8) is 0 Å². The van der Waals surface area contributed by atoms with Gasteiger partial charge in [-0.1, -0.05) is 26.0 Å². The Morgan fingerprint density at radius 1 is 1.54 bits per heavy atom. The van der Waals surface area contributed by atoms with Gasteiger partial charge in [0.25, 0.3) is 0 Å². The zero-order chi connectivity index (χ0) is 10.1. The van der Waals surface area contributed by atoms with Crippen molar-refractivity contribution in [2.75, 3.05) is 6.26 Å². The molecule has 1 aliphatic carbocycles. The van der Waals surface area contributed by atoms with E-state index >= 15 is 0 Å². The third-order valence-electron chi connectivity index (χ3n) is 2.35. The number of allylic oxidation sites excluding steroid dienone is 4. The van der Waals surface area contributed by atoms with Gasteiger partial charge in [-0.3, -0.25) is 0 Å². The van der Waals surface area contributed by atoms with Crippen molar-refractivity contribution >= 4 is 9.84 Å². The molecule has 0 aromatic heterocycles. The van der Waals surface area contributed by atoms with Gasteiger partial charge in [-0.05, 0) is 24.3 Å². The van der Waals surface area contributed by atoms with Crippen LogP contribution in [0.4, 0.5) is 0 Å². The van der Waals surface area contributed by atoms with E-state index in [-0.39, 0.29) is 5.92 Å². The molecule has 3 heteroatoms. The number of hydrogen-bond acceptors (Lipinski definition) is 2. The van der Waals surface area contributed by atoms with Crippen LogP contribution in [0.1, 0.15) is 26.7 Å². The fourth-order valence-corrected chi connectivity index (χ4v) is 3.33. The molecule has 1 rings (SSSR count). The van der Waals surface area contributed by atoms with E-state index in [1.165, 1.54) is 6.26 Å². The van der Waals surface area contributed by atoms with Gasteiger partial charge in [-0.2, -0.15) is 0 Å². The Labute approximate surface area is 80.3 Å². The topological polar surface area (TPSA) is 34.1 Å². The fraction of sp³-hybridized carbons (Fsp3) is 0.600. The van der Waals surface area contributed by atoms with Crippen LogP contribution in [0.15, 0.2) is 22.6 Å². The standard InChI is InChI=1S/C10H16O2S/c1-4-9-7-5-6-8(2)10(9)13(3,11)12/h5,7-8H,4,6H2,1-3H3. The van der Waals surface area contributed by atoms with Crippen LogP contribution in [0, 0.1) is 5.92 Å². The Balaban J connectivity index is 3.25. The Morgan fingerprint density at radius 2 is 2.15 bits per heavy atom. The summed E-state index contributed by atoms with van der Waals surface area (Å²) in [5.74, 6) is 0.148. The molecule has 0 bridgehead atoms. The smallest absolute Gasteiger partial charge is 0.172 e. The molecule has 0 amide bonds. The van der Waals surface area contributed by atoms with Crippen LogP contribution in [0.25, 0.3) is 0 Å². The monoisotopic (exact) mass is 200 g/mol. The van der Waals surface area contributed by atoms with E-state index in [2.05, 4.69) is 6.08 Å². The molecule has 0 saturated heterocycles. The van der Waals surface area contributed by atoms with Crippen LogP contribution in [-0.2, 0) is 9.84 Å². The Morgan fingerprint density at radius 3 is 2.54 bits per heavy atom. The van der Waals surface area contributed by atoms with Gasteiger partial charge < -0.3 is 0 Å². The average molecular weight is 200 g/mol. The van der Waals surface area contributed by atoms with E-state index < -0.39 is 9.84 Å². The predicted octanol–water partition coefficient (Wildman–Crippen LogP) is 2.29. The summed E-state index contributed by atoms with van der Waals surface area (Å²) in [6, 6.07) is 0. The van der Waals surface area contributed by atoms with Crippen molar-refractivity contribution < 1.29 is 8.42 Å². The first kappa shape index (κ1) is 10.5. The maximum Gasteiger partial charge on any atom is 0.172 e. The predicted molar refractivity (Wildman–Crippen MR) is 55.1 cm³/mol. The molecular formula is C10H16O2S. The van der Waals surface area contributed by atoms with E-state index in [0.717, 1.165) is 18.4 Å². The minimum Gasteiger partial charge on any atom is -0.224 e. The zero-order valence-corrected chi connectivity index (χ0v) is 9.19. The first-order chi connectivity index (χ1) is 5.96. The van der Waals surface area contributed by atoms with Gasteiger partial charge in [0.1, 0.15) is 0 Å². The van der Waals surface area contributed by atoms with Gasteiger partial charge >= 0.3 is 0 Å². The fourth-order valence-electron chi connectivity index (χ4n) is 1.82. The molecule has 1 aliphatic rings. The summed E-state index contributed by atoms with van der Waals surface area (Å²) >= 11 is 0. The van der Waals surface area contributed by atoms with Crippen molar-refractivity contribution in [3.8, 4) is 0 Å². The van der Waals surface area contributed by atoms with Crippen LogP contribution in [0.5, 0.6) is 0 Å². The lowest BCUT2D eigenvalue weighted by Gasteiger charge is -2.19. The largest absolute Gasteiger partial charge is 0.224 e. The summed E-state index contributed by atoms with van der Waals surface area (Å²) < 4.78 is 22.9. The average Bonchev–Trinajstić information content (AvgIpc) is 2.01. The molecule has 0 fully saturated rings. The first-order valence-corrected chi connectivity index (χ1v) is 6.45. The number of hydrogen-bond donors (Lipinski definition) is 0. The van der Waals surface area contributed by atoms with Crippen molar-refractivity contribution in [1.82, 2.24) is 0 Å². The molecule has 13 heavy (non-hydrogen) atoms. The lowest BCUT2D eigenvalue weighted by atomic mass is 9.96. The van der Waals surface area contributed by atoms with Gasteiger partial charge in [0, 0.05) is 6.26 Å². The summed E-state index contributed by atoms with van der Waals surface area (Å²) in [4.78, 5) is 0.637. The highest BCUT2D eigenvalue weighted by Gasteiger charge is 2.23. The van der Waals surface area contributed by atoms with E-state index in [0.29, 0.717) is 4.91 Å². The van der Waals surface area contributed by atoms with Crippen molar-refractivity contribution in [3.05, 3.63) is 22.6 Å². The van der Waals surface area contributed by atoms with E-state index in [4.69, 9.17) is 0 Å². The molecular weight excluding hydrogens is 184 g/mol. The molecule has 0 N–H and O–H groups in total. The van der Waals surface area contributed by atoms with E-state index in [9.17, 15) is 8.42 Å². The first-order valence-electron chi connectivity index (χ1n) is 4.56. The molecule has 1 atom stereocenters. The van der Waals surface area contributed by atoms with Crippen molar-refractivity contribution in [1.29, 1.82) is 0 Å². The Bertz CT molecular complexity index is 347. The van der Waals surface area contributed by atoms with Gasteiger partial charge in [0.05, 0.1) is 4.91 Å². The summed E-state index contributed by atoms with van der Waals surface area (Å²) in [7, 11) is -3.01. The summed E-state index contributed by atoms with van der Waals surface area (Å²) in [5.41, 5.74) is 0.973. The quantitative estimate of drug-likeness (QED) is 0.685. The highest BCUT2D eigenvalue weighted by Crippen LogP contribution is 2.30. The molecule has 0 aliphatic heterocycles. The molecule has 0 heterocycles. The summed E-state index contributed by atoms with van der Waals surface area (Å²) in [6.07, 6.45) is 6.93. The minimum absolute atomic E-state index is 0.148. The normalized spacial score (nSPS) is 23.8. The van der Waals surface area contributed by atoms with Gasteiger partial charge in [-0.25, -0.2) is 8.42 Å². The number of sulfone groups is 1. The molecule has 0 spiro atoms. The van der Waals surface area contributed by atoms with Gasteiger partial charge in [-0.15, -0.1) is 0 Å². The second-order valence-corrected chi connectivity index (χ2v) is 5.54. The lowest BCUT2D eigenvalue weighted by Crippen LogP contribution is -2.14. The summed E-state index contributed by atoms with van der Waals surface area (Å²) in [5, 5.41) is 0. The maximum absolute atomic E-state index is 11.5. The highest BCUT2D eigenvalue weighted by atomic mass is 32.2. The molecule has 1 unspecified atom stereocenters. The number of rotatable bonds is 2. The summed E-state index contributed by atoms with van der Waals surface area (Å²) in [6.45, 7) is 3.96. The van der Waals surface area contributed by atoms with Crippen LogP contribution < -0.4 is 0 Å². The zero-order valence-electron chi connectivity index (χ0n) is 8.37. The van der Waals surface area contributed by atoms with Crippen molar-refractivity contribution in [2.45, 2.75) is 26.7 Å². The van der Waals surface area contributed by atoms with E-state index in [1.54, 1.807) is 0 Å². The molecule has 2 nitrogen and oxygen atoms in total. The molecule has 0 aromatic carbocycles. The SMILES string of the molecule is CCC1=C(S(C)(=O)=O)C(C)CC=C1. The van der Waals surface area contributed by atoms with E-state index in [1.807, 2.05) is 19.9 Å². The Kier molecular flexibility index (Phi) is 2.96. The maximum atomic E-state index is 11.5. The minimum atomic E-state index is -3.01. The molecule has 0 radical (unpaired) electrons. The third-order valence-corrected chi connectivity index (χ3v) is 3.82. The van der Waals surface area contributed by atoms with Crippen molar-refractivity contribution in [2.24, 2.45) is 5.92 Å². The Hall–Kier alpha value is -0.570. The molecule has 74 valence electrons. The van der Waals surface area contributed by atoms with Crippen LogP contribution in [0.3, 0.4) is 0 Å². The van der Waals surface area contributed by atoms with Gasteiger partial charge in [0.2, 0.25) is 0 Å². The molecule has 0 saturated carbocycles. The second-order valence-electron chi connectivity index (χ2n) is 3.55. The van der Waals surface area contributed by atoms with Gasteiger partial charge in [0.15, 0.2) is 9.84 Å². The van der Waals surface area contributed by atoms with Crippen LogP contribution >= 0.6 is 0 Å². The third kappa shape index (κ3) is 2.21. The van der Waals surface area contributed by atoms with Crippen LogP contribution in [-0.4, -0.2) is 14.7 Å². The van der Waals surface area contributed by atoms with Crippen LogP contribution in [0.2, 0.25) is 0 Å². The lowest BCUT2D eigenvalue weighted by molar-refractivity contribution is 0.593. The second kappa shape index (κ2) is 3.66.